The van der Waals surface area contributed by atoms with Gasteiger partial charge in [-0.2, -0.15) is 0 Å². The minimum absolute atomic E-state index is 0.0663. The lowest BCUT2D eigenvalue weighted by atomic mass is 9.91. The second-order valence-electron chi connectivity index (χ2n) is 7.98. The number of esters is 2. The molecule has 0 aliphatic carbocycles. The maximum absolute atomic E-state index is 12.8. The number of amides is 4. The SMILES string of the molecule is CCOC(=O)C1=C(CCl)N(C)C(=O)NC1c1ccc(C2NC(=O)N(C)C(CCl)=C2C(=O)OCC)cc1. The van der Waals surface area contributed by atoms with Crippen LogP contribution in [0.1, 0.15) is 37.1 Å². The molecule has 3 rings (SSSR count). The molecule has 0 fully saturated rings. The molecule has 0 saturated heterocycles. The largest absolute Gasteiger partial charge is 0.463 e. The zero-order valence-electron chi connectivity index (χ0n) is 20.4. The molecule has 0 aromatic heterocycles. The van der Waals surface area contributed by atoms with Crippen LogP contribution >= 0.6 is 23.2 Å². The van der Waals surface area contributed by atoms with Crippen molar-refractivity contribution in [1.29, 1.82) is 0 Å². The first kappa shape index (κ1) is 27.3. The number of alkyl halides is 2. The first-order valence-corrected chi connectivity index (χ1v) is 12.4. The van der Waals surface area contributed by atoms with Crippen molar-refractivity contribution in [3.8, 4) is 0 Å². The molecule has 0 spiro atoms. The Morgan fingerprint density at radius 3 is 1.39 bits per heavy atom. The van der Waals surface area contributed by atoms with Crippen LogP contribution in [0.25, 0.3) is 0 Å². The van der Waals surface area contributed by atoms with Crippen LogP contribution in [0.15, 0.2) is 46.8 Å². The van der Waals surface area contributed by atoms with Crippen molar-refractivity contribution in [1.82, 2.24) is 20.4 Å². The number of nitrogens with zero attached hydrogens (tertiary/aromatic N) is 2. The van der Waals surface area contributed by atoms with E-state index in [4.69, 9.17) is 32.7 Å². The Morgan fingerprint density at radius 2 is 1.11 bits per heavy atom. The van der Waals surface area contributed by atoms with Crippen molar-refractivity contribution in [2.45, 2.75) is 25.9 Å². The van der Waals surface area contributed by atoms with Gasteiger partial charge in [0.1, 0.15) is 0 Å². The highest BCUT2D eigenvalue weighted by atomic mass is 35.5. The van der Waals surface area contributed by atoms with Crippen LogP contribution < -0.4 is 10.6 Å². The van der Waals surface area contributed by atoms with E-state index in [2.05, 4.69) is 10.6 Å². The summed E-state index contributed by atoms with van der Waals surface area (Å²) in [5, 5.41) is 5.60. The molecule has 36 heavy (non-hydrogen) atoms. The van der Waals surface area contributed by atoms with Gasteiger partial charge in [-0.25, -0.2) is 19.2 Å². The Labute approximate surface area is 219 Å². The van der Waals surface area contributed by atoms with Gasteiger partial charge in [-0.1, -0.05) is 24.3 Å². The molecule has 0 bridgehead atoms. The van der Waals surface area contributed by atoms with Gasteiger partial charge in [-0.15, -0.1) is 23.2 Å². The second-order valence-corrected chi connectivity index (χ2v) is 8.51. The van der Waals surface area contributed by atoms with E-state index in [1.807, 2.05) is 0 Å². The summed E-state index contributed by atoms with van der Waals surface area (Å²) in [7, 11) is 3.04. The van der Waals surface area contributed by atoms with E-state index >= 15 is 0 Å². The van der Waals surface area contributed by atoms with Crippen LogP contribution in [0, 0.1) is 0 Å². The average Bonchev–Trinajstić information content (AvgIpc) is 2.86. The molecule has 1 aromatic carbocycles. The number of urea groups is 2. The summed E-state index contributed by atoms with van der Waals surface area (Å²) in [5.74, 6) is -1.31. The maximum Gasteiger partial charge on any atom is 0.338 e. The standard InChI is InChI=1S/C24H28Cl2N4O6/c1-5-35-21(31)17-15(11-25)29(3)23(33)27-19(17)13-7-9-14(10-8-13)20-18(22(32)36-6-2)16(12-26)30(4)24(34)28-20/h7-10,19-20H,5-6,11-12H2,1-4H3,(H,27,33)(H,28,34). The Kier molecular flexibility index (Phi) is 8.86. The summed E-state index contributed by atoms with van der Waals surface area (Å²) in [5.41, 5.74) is 2.31. The van der Waals surface area contributed by atoms with Gasteiger partial charge in [0.25, 0.3) is 0 Å². The fraction of sp³-hybridized carbons (Fsp3) is 0.417. The number of hydrogen-bond acceptors (Lipinski definition) is 6. The van der Waals surface area contributed by atoms with Crippen LogP contribution in [-0.4, -0.2) is 72.9 Å². The normalized spacial score (nSPS) is 20.3. The van der Waals surface area contributed by atoms with Gasteiger partial charge < -0.3 is 20.1 Å². The quantitative estimate of drug-likeness (QED) is 0.387. The van der Waals surface area contributed by atoms with Crippen LogP contribution in [-0.2, 0) is 19.1 Å². The third-order valence-electron chi connectivity index (χ3n) is 6.00. The monoisotopic (exact) mass is 538 g/mol. The maximum atomic E-state index is 12.8. The number of carbonyl (C=O) groups is 4. The predicted molar refractivity (Wildman–Crippen MR) is 133 cm³/mol. The number of rotatable bonds is 8. The summed E-state index contributed by atoms with van der Waals surface area (Å²) in [4.78, 5) is 53.3. The molecule has 2 unspecified atom stereocenters. The molecule has 2 aliphatic rings. The highest BCUT2D eigenvalue weighted by molar-refractivity contribution is 6.20. The predicted octanol–water partition coefficient (Wildman–Crippen LogP) is 3.19. The van der Waals surface area contributed by atoms with Crippen molar-refractivity contribution >= 4 is 47.2 Å². The number of allylic oxidation sites excluding steroid dienone is 2. The van der Waals surface area contributed by atoms with E-state index < -0.39 is 36.1 Å². The number of carbonyl (C=O) groups excluding carboxylic acids is 4. The van der Waals surface area contributed by atoms with Crippen LogP contribution in [0.2, 0.25) is 0 Å². The summed E-state index contributed by atoms with van der Waals surface area (Å²) in [6.07, 6.45) is 0. The lowest BCUT2D eigenvalue weighted by Gasteiger charge is -2.35. The Morgan fingerprint density at radius 1 is 0.778 bits per heavy atom. The third-order valence-corrected chi connectivity index (χ3v) is 6.51. The topological polar surface area (TPSA) is 117 Å². The van der Waals surface area contributed by atoms with Crippen molar-refractivity contribution in [2.75, 3.05) is 39.1 Å². The molecular formula is C24H28Cl2N4O6. The summed E-state index contributed by atoms with van der Waals surface area (Å²) < 4.78 is 10.4. The second kappa shape index (κ2) is 11.7. The Hall–Kier alpha value is -3.24. The van der Waals surface area contributed by atoms with E-state index in [9.17, 15) is 19.2 Å². The van der Waals surface area contributed by atoms with Gasteiger partial charge >= 0.3 is 24.0 Å². The van der Waals surface area contributed by atoms with Gasteiger partial charge in [0, 0.05) is 25.5 Å². The molecule has 194 valence electrons. The molecule has 2 aliphatic heterocycles. The fourth-order valence-electron chi connectivity index (χ4n) is 4.12. The molecule has 2 heterocycles. The number of ether oxygens (including phenoxy) is 2. The Balaban J connectivity index is 2.05. The lowest BCUT2D eigenvalue weighted by Crippen LogP contribution is -2.47. The van der Waals surface area contributed by atoms with E-state index in [1.165, 1.54) is 23.9 Å². The number of nitrogens with one attached hydrogen (secondary N) is 2. The highest BCUT2D eigenvalue weighted by Crippen LogP contribution is 2.35. The smallest absolute Gasteiger partial charge is 0.338 e. The van der Waals surface area contributed by atoms with Gasteiger partial charge in [0.2, 0.25) is 0 Å². The zero-order chi connectivity index (χ0) is 26.6. The van der Waals surface area contributed by atoms with E-state index in [0.717, 1.165) is 0 Å². The molecular weight excluding hydrogens is 511 g/mol. The minimum Gasteiger partial charge on any atom is -0.463 e. The summed E-state index contributed by atoms with van der Waals surface area (Å²) in [6, 6.07) is 4.34. The number of hydrogen-bond donors (Lipinski definition) is 2. The molecule has 12 heteroatoms. The Bertz CT molecular complexity index is 1030. The summed E-state index contributed by atoms with van der Waals surface area (Å²) >= 11 is 12.2. The molecule has 0 saturated carbocycles. The molecule has 10 nitrogen and oxygen atoms in total. The zero-order valence-corrected chi connectivity index (χ0v) is 21.9. The van der Waals surface area contributed by atoms with Crippen LogP contribution in [0.4, 0.5) is 9.59 Å². The number of halogens is 2. The molecule has 2 N–H and O–H groups in total. The third kappa shape index (κ3) is 5.15. The van der Waals surface area contributed by atoms with E-state index in [-0.39, 0.29) is 36.1 Å². The molecule has 4 amide bonds. The first-order chi connectivity index (χ1) is 17.2. The van der Waals surface area contributed by atoms with Crippen LogP contribution in [0.5, 0.6) is 0 Å². The van der Waals surface area contributed by atoms with Gasteiger partial charge in [0.05, 0.1) is 48.2 Å². The molecule has 2 atom stereocenters. The fourth-order valence-corrected chi connectivity index (χ4v) is 4.76. The van der Waals surface area contributed by atoms with Crippen LogP contribution in [0.3, 0.4) is 0 Å². The molecule has 1 aromatic rings. The van der Waals surface area contributed by atoms with Crippen molar-refractivity contribution in [3.63, 3.8) is 0 Å². The van der Waals surface area contributed by atoms with E-state index in [1.54, 1.807) is 38.1 Å². The average molecular weight is 539 g/mol. The highest BCUT2D eigenvalue weighted by Gasteiger charge is 2.38. The van der Waals surface area contributed by atoms with Gasteiger partial charge in [0.15, 0.2) is 0 Å². The minimum atomic E-state index is -0.805. The first-order valence-electron chi connectivity index (χ1n) is 11.3. The molecule has 0 radical (unpaired) electrons. The van der Waals surface area contributed by atoms with Crippen molar-refractivity contribution in [3.05, 3.63) is 57.9 Å². The van der Waals surface area contributed by atoms with Crippen molar-refractivity contribution in [2.24, 2.45) is 0 Å². The summed E-state index contributed by atoms with van der Waals surface area (Å²) in [6.45, 7) is 3.69. The van der Waals surface area contributed by atoms with Crippen molar-refractivity contribution < 1.29 is 28.7 Å². The van der Waals surface area contributed by atoms with Gasteiger partial charge in [-0.05, 0) is 25.0 Å². The number of benzene rings is 1. The lowest BCUT2D eigenvalue weighted by molar-refractivity contribution is -0.140. The van der Waals surface area contributed by atoms with E-state index in [0.29, 0.717) is 22.5 Å². The van der Waals surface area contributed by atoms with Gasteiger partial charge in [-0.3, -0.25) is 9.80 Å².